The number of aliphatic hydroxyl groups is 1. The topological polar surface area (TPSA) is 106 Å². The van der Waals surface area contributed by atoms with Crippen molar-refractivity contribution in [1.82, 2.24) is 29.9 Å². The van der Waals surface area contributed by atoms with E-state index in [-0.39, 0.29) is 11.8 Å². The van der Waals surface area contributed by atoms with E-state index < -0.39 is 6.10 Å². The third kappa shape index (κ3) is 3.08. The Labute approximate surface area is 169 Å². The van der Waals surface area contributed by atoms with Crippen LogP contribution >= 0.6 is 11.6 Å². The van der Waals surface area contributed by atoms with Crippen LogP contribution in [-0.4, -0.2) is 35.1 Å². The van der Waals surface area contributed by atoms with Crippen molar-refractivity contribution >= 4 is 22.6 Å². The molecule has 8 nitrogen and oxygen atoms in total. The monoisotopic (exact) mass is 406 g/mol. The summed E-state index contributed by atoms with van der Waals surface area (Å²) < 4.78 is 7.50. The maximum atomic E-state index is 10.6. The summed E-state index contributed by atoms with van der Waals surface area (Å²) in [7, 11) is 1.86. The highest BCUT2D eigenvalue weighted by Gasteiger charge is 2.22. The van der Waals surface area contributed by atoms with Gasteiger partial charge in [-0.3, -0.25) is 4.68 Å². The van der Waals surface area contributed by atoms with Gasteiger partial charge in [-0.25, -0.2) is 4.98 Å². The van der Waals surface area contributed by atoms with E-state index in [0.717, 1.165) is 16.5 Å². The van der Waals surface area contributed by atoms with Crippen LogP contribution in [0.2, 0.25) is 5.02 Å². The largest absolute Gasteiger partial charge is 0.417 e. The third-order valence-electron chi connectivity index (χ3n) is 4.67. The number of nitrogens with one attached hydrogen (secondary N) is 1. The minimum Gasteiger partial charge on any atom is -0.417 e. The number of aliphatic hydroxyl groups excluding tert-OH is 1. The van der Waals surface area contributed by atoms with Gasteiger partial charge in [-0.1, -0.05) is 29.8 Å². The molecule has 0 saturated carbocycles. The molecule has 2 N–H and O–H groups in total. The molecule has 144 valence electrons. The highest BCUT2D eigenvalue weighted by atomic mass is 35.5. The van der Waals surface area contributed by atoms with Gasteiger partial charge in [-0.05, 0) is 12.1 Å². The number of fused-ring (bicyclic) bond motifs is 1. The van der Waals surface area contributed by atoms with Gasteiger partial charge >= 0.3 is 0 Å². The summed E-state index contributed by atoms with van der Waals surface area (Å²) in [5.41, 5.74) is 3.77. The minimum atomic E-state index is -1.11. The van der Waals surface area contributed by atoms with Crippen LogP contribution in [0.4, 0.5) is 0 Å². The van der Waals surface area contributed by atoms with Crippen LogP contribution in [0.3, 0.4) is 0 Å². The maximum absolute atomic E-state index is 10.6. The van der Waals surface area contributed by atoms with Crippen LogP contribution in [0.15, 0.2) is 59.5 Å². The molecule has 1 atom stereocenters. The van der Waals surface area contributed by atoms with E-state index in [1.807, 2.05) is 19.3 Å². The van der Waals surface area contributed by atoms with Gasteiger partial charge in [0.15, 0.2) is 6.10 Å². The number of aromatic nitrogens is 6. The van der Waals surface area contributed by atoms with Crippen molar-refractivity contribution in [1.29, 1.82) is 0 Å². The van der Waals surface area contributed by atoms with E-state index in [1.165, 1.54) is 0 Å². The maximum Gasteiger partial charge on any atom is 0.250 e. The van der Waals surface area contributed by atoms with Crippen molar-refractivity contribution in [2.75, 3.05) is 0 Å². The average Bonchev–Trinajstić information content (AvgIpc) is 3.46. The zero-order chi connectivity index (χ0) is 20.0. The molecule has 0 aliphatic heterocycles. The fraction of sp³-hybridized carbons (Fsp3) is 0.100. The zero-order valence-corrected chi connectivity index (χ0v) is 16.0. The molecule has 0 aliphatic carbocycles. The third-order valence-corrected chi connectivity index (χ3v) is 5.02. The number of hydrogen-bond donors (Lipinski definition) is 2. The van der Waals surface area contributed by atoms with Crippen LogP contribution in [0.5, 0.6) is 0 Å². The fourth-order valence-corrected chi connectivity index (χ4v) is 3.43. The molecular weight excluding hydrogens is 392 g/mol. The van der Waals surface area contributed by atoms with Gasteiger partial charge in [-0.15, -0.1) is 10.2 Å². The molecule has 9 heteroatoms. The summed E-state index contributed by atoms with van der Waals surface area (Å²) in [5.74, 6) is 0.348. The summed E-state index contributed by atoms with van der Waals surface area (Å²) in [6, 6.07) is 8.97. The van der Waals surface area contributed by atoms with Gasteiger partial charge in [0.2, 0.25) is 11.8 Å². The number of H-pyrrole nitrogens is 1. The lowest BCUT2D eigenvalue weighted by Crippen LogP contribution is -2.00. The SMILES string of the molecule is Cn1cc(-c2cnc3[nH]cc(-c4nnc([C@H](O)c5ccccc5Cl)o4)c3c2)cn1. The van der Waals surface area contributed by atoms with E-state index in [4.69, 9.17) is 16.0 Å². The molecule has 29 heavy (non-hydrogen) atoms. The molecule has 0 radical (unpaired) electrons. The highest BCUT2D eigenvalue weighted by Crippen LogP contribution is 2.33. The molecule has 1 aromatic carbocycles. The quantitative estimate of drug-likeness (QED) is 0.471. The average molecular weight is 407 g/mol. The van der Waals surface area contributed by atoms with E-state index in [1.54, 1.807) is 47.5 Å². The second kappa shape index (κ2) is 6.84. The Morgan fingerprint density at radius 1 is 1.17 bits per heavy atom. The number of aryl methyl sites for hydroxylation is 1. The predicted octanol–water partition coefficient (Wildman–Crippen LogP) is 3.75. The van der Waals surface area contributed by atoms with E-state index in [9.17, 15) is 5.11 Å². The summed E-state index contributed by atoms with van der Waals surface area (Å²) in [5, 5.41) is 24.2. The normalized spacial score (nSPS) is 12.5. The first kappa shape index (κ1) is 17.6. The van der Waals surface area contributed by atoms with Crippen molar-refractivity contribution in [2.45, 2.75) is 6.10 Å². The molecule has 0 fully saturated rings. The first-order chi connectivity index (χ1) is 14.1. The fourth-order valence-electron chi connectivity index (χ4n) is 3.19. The Hall–Kier alpha value is -3.49. The molecular formula is C20H15ClN6O2. The van der Waals surface area contributed by atoms with E-state index >= 15 is 0 Å². The number of nitrogens with zero attached hydrogens (tertiary/aromatic N) is 5. The second-order valence-corrected chi connectivity index (χ2v) is 7.00. The molecule has 4 heterocycles. The lowest BCUT2D eigenvalue weighted by Gasteiger charge is -2.07. The zero-order valence-electron chi connectivity index (χ0n) is 15.2. The predicted molar refractivity (Wildman–Crippen MR) is 107 cm³/mol. The van der Waals surface area contributed by atoms with Crippen LogP contribution in [0.25, 0.3) is 33.6 Å². The van der Waals surface area contributed by atoms with Gasteiger partial charge in [0.05, 0.1) is 11.8 Å². The van der Waals surface area contributed by atoms with Crippen molar-refractivity contribution in [3.8, 4) is 22.6 Å². The number of pyridine rings is 1. The number of rotatable bonds is 4. The van der Waals surface area contributed by atoms with Gasteiger partial charge in [0, 0.05) is 52.7 Å². The van der Waals surface area contributed by atoms with Gasteiger partial charge in [0.1, 0.15) is 5.65 Å². The Bertz CT molecular complexity index is 1320. The van der Waals surface area contributed by atoms with Gasteiger partial charge in [0.25, 0.3) is 0 Å². The van der Waals surface area contributed by atoms with Crippen molar-refractivity contribution in [3.63, 3.8) is 0 Å². The molecule has 0 amide bonds. The summed E-state index contributed by atoms with van der Waals surface area (Å²) in [4.78, 5) is 7.57. The van der Waals surface area contributed by atoms with Gasteiger partial charge < -0.3 is 14.5 Å². The number of hydrogen-bond acceptors (Lipinski definition) is 6. The smallest absolute Gasteiger partial charge is 0.250 e. The number of aromatic amines is 1. The second-order valence-electron chi connectivity index (χ2n) is 6.59. The molecule has 0 bridgehead atoms. The Morgan fingerprint density at radius 2 is 2.03 bits per heavy atom. The Morgan fingerprint density at radius 3 is 2.83 bits per heavy atom. The molecule has 0 saturated heterocycles. The van der Waals surface area contributed by atoms with Crippen LogP contribution in [0.1, 0.15) is 17.6 Å². The minimum absolute atomic E-state index is 0.0684. The first-order valence-corrected chi connectivity index (χ1v) is 9.20. The standard InChI is InChI=1S/C20H15ClN6O2/c1-27-10-12(8-24-27)11-6-14-15(9-23-18(14)22-7-11)19-25-26-20(29-19)17(28)13-4-2-3-5-16(13)21/h2-10,17,28H,1H3,(H,22,23)/t17-/m1/s1. The Balaban J connectivity index is 1.54. The highest BCUT2D eigenvalue weighted by molar-refractivity contribution is 6.31. The van der Waals surface area contributed by atoms with Crippen molar-refractivity contribution < 1.29 is 9.52 Å². The van der Waals surface area contributed by atoms with Crippen molar-refractivity contribution in [3.05, 3.63) is 71.6 Å². The first-order valence-electron chi connectivity index (χ1n) is 8.82. The Kier molecular flexibility index (Phi) is 4.15. The molecule has 5 aromatic rings. The van der Waals surface area contributed by atoms with Crippen molar-refractivity contribution in [2.24, 2.45) is 7.05 Å². The lowest BCUT2D eigenvalue weighted by atomic mass is 10.1. The van der Waals surface area contributed by atoms with E-state index in [0.29, 0.717) is 21.8 Å². The summed E-state index contributed by atoms with van der Waals surface area (Å²) in [6.45, 7) is 0. The summed E-state index contributed by atoms with van der Waals surface area (Å²) in [6.07, 6.45) is 6.11. The van der Waals surface area contributed by atoms with Crippen LogP contribution in [-0.2, 0) is 7.05 Å². The van der Waals surface area contributed by atoms with Crippen LogP contribution in [0, 0.1) is 0 Å². The van der Waals surface area contributed by atoms with Crippen LogP contribution < -0.4 is 0 Å². The van der Waals surface area contributed by atoms with E-state index in [2.05, 4.69) is 25.3 Å². The molecule has 5 rings (SSSR count). The molecule has 0 unspecified atom stereocenters. The van der Waals surface area contributed by atoms with Gasteiger partial charge in [-0.2, -0.15) is 5.10 Å². The number of halogens is 1. The molecule has 4 aromatic heterocycles. The lowest BCUT2D eigenvalue weighted by molar-refractivity contribution is 0.183. The summed E-state index contributed by atoms with van der Waals surface area (Å²) >= 11 is 6.16. The number of benzene rings is 1. The molecule has 0 spiro atoms. The molecule has 0 aliphatic rings.